The molecule has 0 aromatic heterocycles. The Morgan fingerprint density at radius 1 is 1.43 bits per heavy atom. The summed E-state index contributed by atoms with van der Waals surface area (Å²) >= 11 is 0. The summed E-state index contributed by atoms with van der Waals surface area (Å²) in [6.45, 7) is 4.71. The van der Waals surface area contributed by atoms with E-state index in [4.69, 9.17) is 10.5 Å². The van der Waals surface area contributed by atoms with Crippen molar-refractivity contribution < 1.29 is 9.53 Å². The van der Waals surface area contributed by atoms with Crippen molar-refractivity contribution in [3.63, 3.8) is 0 Å². The zero-order chi connectivity index (χ0) is 15.5. The number of ether oxygens (including phenoxy) is 1. The number of nitrogens with one attached hydrogen (secondary N) is 1. The Labute approximate surface area is 127 Å². The Hall–Kier alpha value is -1.55. The van der Waals surface area contributed by atoms with Crippen molar-refractivity contribution in [2.24, 2.45) is 11.7 Å². The minimum atomic E-state index is -0.266. The maximum atomic E-state index is 12.6. The van der Waals surface area contributed by atoms with Crippen molar-refractivity contribution >= 4 is 5.91 Å². The summed E-state index contributed by atoms with van der Waals surface area (Å²) in [5.41, 5.74) is 7.33. The lowest BCUT2D eigenvalue weighted by Crippen LogP contribution is -2.55. The molecule has 116 valence electrons. The molecule has 2 rings (SSSR count). The molecule has 0 saturated heterocycles. The van der Waals surface area contributed by atoms with Crippen molar-refractivity contribution in [3.8, 4) is 5.75 Å². The van der Waals surface area contributed by atoms with Gasteiger partial charge < -0.3 is 15.8 Å². The first-order valence-electron chi connectivity index (χ1n) is 7.67. The van der Waals surface area contributed by atoms with Crippen LogP contribution in [0, 0.1) is 12.8 Å². The summed E-state index contributed by atoms with van der Waals surface area (Å²) in [6.07, 6.45) is 4.12. The van der Waals surface area contributed by atoms with Crippen LogP contribution in [0.5, 0.6) is 5.75 Å². The number of nitrogens with two attached hydrogens (primary N) is 1. The highest BCUT2D eigenvalue weighted by Crippen LogP contribution is 2.32. The first kappa shape index (κ1) is 15.8. The second kappa shape index (κ2) is 6.48. The predicted molar refractivity (Wildman–Crippen MR) is 84.6 cm³/mol. The van der Waals surface area contributed by atoms with Crippen LogP contribution in [0.15, 0.2) is 18.2 Å². The van der Waals surface area contributed by atoms with Gasteiger partial charge in [-0.1, -0.05) is 18.6 Å². The number of methoxy groups -OCH3 is 1. The van der Waals surface area contributed by atoms with Crippen molar-refractivity contribution in [1.29, 1.82) is 0 Å². The Morgan fingerprint density at radius 3 is 2.67 bits per heavy atom. The van der Waals surface area contributed by atoms with Crippen LogP contribution < -0.4 is 15.8 Å². The van der Waals surface area contributed by atoms with Crippen LogP contribution in [-0.2, 0) is 0 Å². The molecule has 1 aromatic rings. The number of carbonyl (C=O) groups excluding carboxylic acids is 1. The zero-order valence-electron chi connectivity index (χ0n) is 13.2. The molecule has 0 unspecified atom stereocenters. The van der Waals surface area contributed by atoms with Gasteiger partial charge in [-0.25, -0.2) is 0 Å². The molecule has 0 aliphatic heterocycles. The third-order valence-electron chi connectivity index (χ3n) is 4.60. The van der Waals surface area contributed by atoms with Gasteiger partial charge in [-0.05, 0) is 50.7 Å². The van der Waals surface area contributed by atoms with E-state index in [1.165, 1.54) is 0 Å². The van der Waals surface area contributed by atoms with Crippen molar-refractivity contribution in [1.82, 2.24) is 5.32 Å². The average Bonchev–Trinajstić information content (AvgIpc) is 2.49. The minimum absolute atomic E-state index is 0.0875. The molecule has 1 fully saturated rings. The van der Waals surface area contributed by atoms with E-state index >= 15 is 0 Å². The lowest BCUT2D eigenvalue weighted by molar-refractivity contribution is 0.0857. The summed E-state index contributed by atoms with van der Waals surface area (Å²) in [5.74, 6) is 1.24. The fraction of sp³-hybridized carbons (Fsp3) is 0.588. The Bertz CT molecular complexity index is 506. The molecule has 0 heterocycles. The summed E-state index contributed by atoms with van der Waals surface area (Å²) in [5, 5.41) is 3.18. The van der Waals surface area contributed by atoms with Gasteiger partial charge in [0.1, 0.15) is 5.75 Å². The number of amides is 1. The molecule has 0 bridgehead atoms. The quantitative estimate of drug-likeness (QED) is 0.896. The third kappa shape index (κ3) is 3.56. The van der Waals surface area contributed by atoms with E-state index in [1.54, 1.807) is 7.11 Å². The van der Waals surface area contributed by atoms with E-state index < -0.39 is 0 Å². The van der Waals surface area contributed by atoms with Crippen molar-refractivity contribution in [3.05, 3.63) is 29.3 Å². The molecule has 0 radical (unpaired) electrons. The van der Waals surface area contributed by atoms with Crippen LogP contribution >= 0.6 is 0 Å². The van der Waals surface area contributed by atoms with Gasteiger partial charge in [0.25, 0.3) is 5.91 Å². The van der Waals surface area contributed by atoms with Gasteiger partial charge >= 0.3 is 0 Å². The zero-order valence-corrected chi connectivity index (χ0v) is 13.2. The van der Waals surface area contributed by atoms with Crippen LogP contribution in [0.25, 0.3) is 0 Å². The summed E-state index contributed by atoms with van der Waals surface area (Å²) in [7, 11) is 1.59. The van der Waals surface area contributed by atoms with Crippen LogP contribution in [0.1, 0.15) is 48.5 Å². The van der Waals surface area contributed by atoms with Gasteiger partial charge in [0, 0.05) is 6.54 Å². The molecular weight excluding hydrogens is 264 g/mol. The monoisotopic (exact) mass is 290 g/mol. The normalized spacial score (nSPS) is 25.4. The Kier molecular flexibility index (Phi) is 4.88. The smallest absolute Gasteiger partial charge is 0.255 e. The number of carbonyl (C=O) groups is 1. The highest BCUT2D eigenvalue weighted by atomic mass is 16.5. The SMILES string of the molecule is COc1ccc(C)cc1C(=O)NC1(CN)CCC(C)CC1. The highest BCUT2D eigenvalue weighted by Gasteiger charge is 2.35. The molecule has 4 heteroatoms. The van der Waals surface area contributed by atoms with E-state index in [1.807, 2.05) is 25.1 Å². The van der Waals surface area contributed by atoms with Gasteiger partial charge in [0.15, 0.2) is 0 Å². The summed E-state index contributed by atoms with van der Waals surface area (Å²) < 4.78 is 5.30. The molecule has 0 spiro atoms. The molecular formula is C17H26N2O2. The molecule has 1 aliphatic carbocycles. The highest BCUT2D eigenvalue weighted by molar-refractivity contribution is 5.97. The van der Waals surface area contributed by atoms with Gasteiger partial charge in [-0.3, -0.25) is 4.79 Å². The first-order chi connectivity index (χ1) is 9.99. The van der Waals surface area contributed by atoms with E-state index in [0.29, 0.717) is 17.9 Å². The second-order valence-electron chi connectivity index (χ2n) is 6.32. The van der Waals surface area contributed by atoms with Gasteiger partial charge in [-0.15, -0.1) is 0 Å². The Balaban J connectivity index is 2.18. The fourth-order valence-corrected chi connectivity index (χ4v) is 3.00. The molecule has 3 N–H and O–H groups in total. The molecule has 1 aromatic carbocycles. The lowest BCUT2D eigenvalue weighted by Gasteiger charge is -2.39. The average molecular weight is 290 g/mol. The molecule has 0 atom stereocenters. The Morgan fingerprint density at radius 2 is 2.10 bits per heavy atom. The third-order valence-corrected chi connectivity index (χ3v) is 4.60. The molecule has 1 aliphatic rings. The van der Waals surface area contributed by atoms with E-state index in [9.17, 15) is 4.79 Å². The maximum Gasteiger partial charge on any atom is 0.255 e. The van der Waals surface area contributed by atoms with Crippen LogP contribution in [0.3, 0.4) is 0 Å². The largest absolute Gasteiger partial charge is 0.496 e. The second-order valence-corrected chi connectivity index (χ2v) is 6.32. The standard InChI is InChI=1S/C17H26N2O2/c1-12-6-8-17(11-18,9-7-12)19-16(20)14-10-13(2)4-5-15(14)21-3/h4-5,10,12H,6-9,11,18H2,1-3H3,(H,19,20). The van der Waals surface area contributed by atoms with Gasteiger partial charge in [0.05, 0.1) is 18.2 Å². The lowest BCUT2D eigenvalue weighted by atomic mass is 9.77. The fourth-order valence-electron chi connectivity index (χ4n) is 3.00. The molecule has 21 heavy (non-hydrogen) atoms. The number of aryl methyl sites for hydroxylation is 1. The van der Waals surface area contributed by atoms with Gasteiger partial charge in [0.2, 0.25) is 0 Å². The number of benzene rings is 1. The van der Waals surface area contributed by atoms with Crippen molar-refractivity contribution in [2.75, 3.05) is 13.7 Å². The number of hydrogen-bond donors (Lipinski definition) is 2. The topological polar surface area (TPSA) is 64.3 Å². The number of hydrogen-bond acceptors (Lipinski definition) is 3. The molecule has 1 saturated carbocycles. The predicted octanol–water partition coefficient (Wildman–Crippen LogP) is 2.64. The van der Waals surface area contributed by atoms with Crippen LogP contribution in [-0.4, -0.2) is 25.1 Å². The van der Waals surface area contributed by atoms with E-state index in [-0.39, 0.29) is 11.4 Å². The summed E-state index contributed by atoms with van der Waals surface area (Å²) in [4.78, 5) is 12.6. The summed E-state index contributed by atoms with van der Waals surface area (Å²) in [6, 6.07) is 5.64. The first-order valence-corrected chi connectivity index (χ1v) is 7.67. The molecule has 4 nitrogen and oxygen atoms in total. The maximum absolute atomic E-state index is 12.6. The number of rotatable bonds is 4. The van der Waals surface area contributed by atoms with E-state index in [0.717, 1.165) is 37.2 Å². The molecule has 1 amide bonds. The van der Waals surface area contributed by atoms with E-state index in [2.05, 4.69) is 12.2 Å². The minimum Gasteiger partial charge on any atom is -0.496 e. The van der Waals surface area contributed by atoms with Gasteiger partial charge in [-0.2, -0.15) is 0 Å². The van der Waals surface area contributed by atoms with Crippen LogP contribution in [0.4, 0.5) is 0 Å². The van der Waals surface area contributed by atoms with Crippen molar-refractivity contribution in [2.45, 2.75) is 45.1 Å². The van der Waals surface area contributed by atoms with Crippen LogP contribution in [0.2, 0.25) is 0 Å².